The first kappa shape index (κ1) is 13.1. The Morgan fingerprint density at radius 1 is 1.33 bits per heavy atom. The lowest BCUT2D eigenvalue weighted by Crippen LogP contribution is -2.33. The van der Waals surface area contributed by atoms with Crippen LogP contribution in [0.15, 0.2) is 18.2 Å². The lowest BCUT2D eigenvalue weighted by Gasteiger charge is -2.29. The second-order valence-electron chi connectivity index (χ2n) is 6.00. The standard InChI is InChI=1S/C15H24N2O/c1-10(2)18-13-7-5-6-12(14(13)16)17-15(3,4)11-8-9-11/h5-7,10-11,17H,8-9,16H2,1-4H3. The maximum atomic E-state index is 6.17. The summed E-state index contributed by atoms with van der Waals surface area (Å²) in [6, 6.07) is 5.93. The van der Waals surface area contributed by atoms with E-state index in [1.807, 2.05) is 32.0 Å². The molecule has 1 aliphatic carbocycles. The average Bonchev–Trinajstić information content (AvgIpc) is 3.06. The minimum atomic E-state index is 0.102. The number of ether oxygens (including phenoxy) is 1. The molecule has 0 spiro atoms. The molecule has 0 atom stereocenters. The van der Waals surface area contributed by atoms with Gasteiger partial charge in [0, 0.05) is 5.54 Å². The van der Waals surface area contributed by atoms with Crippen molar-refractivity contribution in [3.63, 3.8) is 0 Å². The molecule has 1 saturated carbocycles. The van der Waals surface area contributed by atoms with Crippen LogP contribution in [0.5, 0.6) is 5.75 Å². The van der Waals surface area contributed by atoms with E-state index in [2.05, 4.69) is 19.2 Å². The zero-order chi connectivity index (χ0) is 13.3. The monoisotopic (exact) mass is 248 g/mol. The van der Waals surface area contributed by atoms with Crippen LogP contribution < -0.4 is 15.8 Å². The van der Waals surface area contributed by atoms with Crippen molar-refractivity contribution in [3.05, 3.63) is 18.2 Å². The van der Waals surface area contributed by atoms with Gasteiger partial charge in [0.25, 0.3) is 0 Å². The molecule has 0 aliphatic heterocycles. The molecule has 3 nitrogen and oxygen atoms in total. The van der Waals surface area contributed by atoms with Gasteiger partial charge >= 0.3 is 0 Å². The van der Waals surface area contributed by atoms with Crippen LogP contribution in [0, 0.1) is 5.92 Å². The van der Waals surface area contributed by atoms with Crippen molar-refractivity contribution >= 4 is 11.4 Å². The molecule has 1 aromatic rings. The van der Waals surface area contributed by atoms with Crippen LogP contribution in [0.4, 0.5) is 11.4 Å². The Morgan fingerprint density at radius 2 is 2.00 bits per heavy atom. The summed E-state index contributed by atoms with van der Waals surface area (Å²) in [5.41, 5.74) is 7.96. The van der Waals surface area contributed by atoms with E-state index < -0.39 is 0 Å². The topological polar surface area (TPSA) is 47.3 Å². The summed E-state index contributed by atoms with van der Waals surface area (Å²) in [6.07, 6.45) is 2.75. The molecule has 100 valence electrons. The Labute approximate surface area is 110 Å². The molecule has 0 bridgehead atoms. The van der Waals surface area contributed by atoms with E-state index in [4.69, 9.17) is 10.5 Å². The van der Waals surface area contributed by atoms with Crippen LogP contribution >= 0.6 is 0 Å². The van der Waals surface area contributed by atoms with Gasteiger partial charge in [-0.1, -0.05) is 6.07 Å². The SMILES string of the molecule is CC(C)Oc1cccc(NC(C)(C)C2CC2)c1N. The van der Waals surface area contributed by atoms with Gasteiger partial charge in [0.2, 0.25) is 0 Å². The quantitative estimate of drug-likeness (QED) is 0.782. The number of hydrogen-bond donors (Lipinski definition) is 2. The van der Waals surface area contributed by atoms with E-state index in [9.17, 15) is 0 Å². The van der Waals surface area contributed by atoms with Crippen LogP contribution in [0.3, 0.4) is 0 Å². The van der Waals surface area contributed by atoms with Gasteiger partial charge in [-0.25, -0.2) is 0 Å². The predicted molar refractivity (Wildman–Crippen MR) is 77.0 cm³/mol. The fraction of sp³-hybridized carbons (Fsp3) is 0.600. The van der Waals surface area contributed by atoms with Gasteiger partial charge in [0.05, 0.1) is 17.5 Å². The molecule has 2 rings (SSSR count). The second kappa shape index (κ2) is 4.71. The van der Waals surface area contributed by atoms with Crippen molar-refractivity contribution in [2.75, 3.05) is 11.1 Å². The Kier molecular flexibility index (Phi) is 3.42. The molecule has 1 aromatic carbocycles. The average molecular weight is 248 g/mol. The number of nitrogens with one attached hydrogen (secondary N) is 1. The Hall–Kier alpha value is -1.38. The zero-order valence-electron chi connectivity index (χ0n) is 11.8. The van der Waals surface area contributed by atoms with E-state index in [1.54, 1.807) is 0 Å². The van der Waals surface area contributed by atoms with Crippen molar-refractivity contribution in [3.8, 4) is 5.75 Å². The molecule has 3 N–H and O–H groups in total. The van der Waals surface area contributed by atoms with Crippen LogP contribution in [-0.4, -0.2) is 11.6 Å². The van der Waals surface area contributed by atoms with E-state index in [1.165, 1.54) is 12.8 Å². The van der Waals surface area contributed by atoms with Gasteiger partial charge in [-0.2, -0.15) is 0 Å². The van der Waals surface area contributed by atoms with Crippen molar-refractivity contribution in [1.82, 2.24) is 0 Å². The second-order valence-corrected chi connectivity index (χ2v) is 6.00. The van der Waals surface area contributed by atoms with Gasteiger partial charge in [0.1, 0.15) is 5.75 Å². The van der Waals surface area contributed by atoms with Crippen LogP contribution in [-0.2, 0) is 0 Å². The molecule has 0 saturated heterocycles. The smallest absolute Gasteiger partial charge is 0.144 e. The predicted octanol–water partition coefficient (Wildman–Crippen LogP) is 3.66. The van der Waals surface area contributed by atoms with Gasteiger partial charge < -0.3 is 15.8 Å². The number of anilines is 2. The first-order valence-corrected chi connectivity index (χ1v) is 6.73. The Balaban J connectivity index is 2.17. The molecule has 1 fully saturated rings. The van der Waals surface area contributed by atoms with Gasteiger partial charge in [-0.15, -0.1) is 0 Å². The lowest BCUT2D eigenvalue weighted by molar-refractivity contribution is 0.244. The first-order chi connectivity index (χ1) is 8.40. The summed E-state index contributed by atoms with van der Waals surface area (Å²) in [5.74, 6) is 1.52. The lowest BCUT2D eigenvalue weighted by atomic mass is 9.98. The normalized spacial score (nSPS) is 15.8. The highest BCUT2D eigenvalue weighted by Crippen LogP contribution is 2.42. The minimum Gasteiger partial charge on any atom is -0.489 e. The third kappa shape index (κ3) is 2.89. The van der Waals surface area contributed by atoms with Crippen LogP contribution in [0.1, 0.15) is 40.5 Å². The zero-order valence-corrected chi connectivity index (χ0v) is 11.8. The summed E-state index contributed by atoms with van der Waals surface area (Å²) in [7, 11) is 0. The van der Waals surface area contributed by atoms with E-state index in [0.29, 0.717) is 5.69 Å². The Bertz CT molecular complexity index is 423. The summed E-state index contributed by atoms with van der Waals surface area (Å²) in [5, 5.41) is 3.56. The highest BCUT2D eigenvalue weighted by Gasteiger charge is 2.37. The van der Waals surface area contributed by atoms with E-state index in [-0.39, 0.29) is 11.6 Å². The number of hydrogen-bond acceptors (Lipinski definition) is 3. The highest BCUT2D eigenvalue weighted by atomic mass is 16.5. The molecule has 0 radical (unpaired) electrons. The van der Waals surface area contributed by atoms with Crippen LogP contribution in [0.2, 0.25) is 0 Å². The van der Waals surface area contributed by atoms with Crippen molar-refractivity contribution in [2.45, 2.75) is 52.2 Å². The molecule has 0 amide bonds. The molecular formula is C15H24N2O. The highest BCUT2D eigenvalue weighted by molar-refractivity contribution is 5.73. The van der Waals surface area contributed by atoms with Gasteiger partial charge in [0.15, 0.2) is 0 Å². The molecule has 0 heterocycles. The number of nitrogen functional groups attached to an aromatic ring is 1. The third-order valence-electron chi connectivity index (χ3n) is 3.48. The molecule has 0 unspecified atom stereocenters. The van der Waals surface area contributed by atoms with Crippen molar-refractivity contribution in [2.24, 2.45) is 5.92 Å². The van der Waals surface area contributed by atoms with Crippen molar-refractivity contribution in [1.29, 1.82) is 0 Å². The number of nitrogens with two attached hydrogens (primary N) is 1. The van der Waals surface area contributed by atoms with Gasteiger partial charge in [-0.05, 0) is 58.6 Å². The fourth-order valence-corrected chi connectivity index (χ4v) is 2.26. The summed E-state index contributed by atoms with van der Waals surface area (Å²) < 4.78 is 5.71. The first-order valence-electron chi connectivity index (χ1n) is 6.73. The molecule has 1 aliphatic rings. The summed E-state index contributed by atoms with van der Waals surface area (Å²) >= 11 is 0. The summed E-state index contributed by atoms with van der Waals surface area (Å²) in [6.45, 7) is 8.49. The van der Waals surface area contributed by atoms with E-state index in [0.717, 1.165) is 17.4 Å². The van der Waals surface area contributed by atoms with Crippen LogP contribution in [0.25, 0.3) is 0 Å². The molecule has 3 heteroatoms. The summed E-state index contributed by atoms with van der Waals surface area (Å²) in [4.78, 5) is 0. The molecule has 18 heavy (non-hydrogen) atoms. The van der Waals surface area contributed by atoms with Gasteiger partial charge in [-0.3, -0.25) is 0 Å². The van der Waals surface area contributed by atoms with E-state index >= 15 is 0 Å². The van der Waals surface area contributed by atoms with Crippen molar-refractivity contribution < 1.29 is 4.74 Å². The molecule has 0 aromatic heterocycles. The maximum Gasteiger partial charge on any atom is 0.144 e. The molecular weight excluding hydrogens is 224 g/mol. The minimum absolute atomic E-state index is 0.102. The third-order valence-corrected chi connectivity index (χ3v) is 3.48. The Morgan fingerprint density at radius 3 is 2.56 bits per heavy atom. The maximum absolute atomic E-state index is 6.17. The fourth-order valence-electron chi connectivity index (χ4n) is 2.26. The number of para-hydroxylation sites is 1. The number of rotatable bonds is 5. The largest absolute Gasteiger partial charge is 0.489 e. The number of benzene rings is 1.